The van der Waals surface area contributed by atoms with Gasteiger partial charge in [-0.3, -0.25) is 9.59 Å². The van der Waals surface area contributed by atoms with E-state index in [1.54, 1.807) is 0 Å². The topological polar surface area (TPSA) is 66.4 Å². The molecule has 1 aliphatic rings. The number of benzene rings is 1. The summed E-state index contributed by atoms with van der Waals surface area (Å²) in [5.41, 5.74) is 0.0668. The third-order valence-corrected chi connectivity index (χ3v) is 7.08. The van der Waals surface area contributed by atoms with Crippen LogP contribution in [0.5, 0.6) is 0 Å². The molecule has 2 N–H and O–H groups in total. The van der Waals surface area contributed by atoms with E-state index in [0.29, 0.717) is 5.56 Å². The number of amides is 1. The molecule has 20 heavy (non-hydrogen) atoms. The van der Waals surface area contributed by atoms with Gasteiger partial charge in [0.25, 0.3) is 5.91 Å². The molecular formula is C13H12I3NO3. The maximum Gasteiger partial charge on any atom is 0.305 e. The molecule has 0 heterocycles. The lowest BCUT2D eigenvalue weighted by molar-refractivity contribution is -0.139. The second-order valence-electron chi connectivity index (χ2n) is 4.91. The average molecular weight is 611 g/mol. The van der Waals surface area contributed by atoms with Crippen molar-refractivity contribution in [2.24, 2.45) is 0 Å². The van der Waals surface area contributed by atoms with E-state index in [4.69, 9.17) is 5.11 Å². The lowest BCUT2D eigenvalue weighted by Gasteiger charge is -2.41. The fraction of sp³-hybridized carbons (Fsp3) is 0.385. The van der Waals surface area contributed by atoms with Crippen molar-refractivity contribution in [2.45, 2.75) is 31.2 Å². The zero-order valence-electron chi connectivity index (χ0n) is 10.4. The number of carbonyl (C=O) groups is 2. The van der Waals surface area contributed by atoms with Crippen LogP contribution in [-0.2, 0) is 4.79 Å². The second kappa shape index (κ2) is 6.63. The number of hydrogen-bond acceptors (Lipinski definition) is 2. The summed E-state index contributed by atoms with van der Waals surface area (Å²) in [4.78, 5) is 23.4. The normalized spacial score (nSPS) is 16.4. The first-order valence-electron chi connectivity index (χ1n) is 6.02. The van der Waals surface area contributed by atoms with Crippen molar-refractivity contribution in [1.82, 2.24) is 5.32 Å². The minimum Gasteiger partial charge on any atom is -0.481 e. The molecule has 0 spiro atoms. The molecule has 0 atom stereocenters. The van der Waals surface area contributed by atoms with Gasteiger partial charge in [0.2, 0.25) is 0 Å². The predicted octanol–water partition coefficient (Wildman–Crippen LogP) is 3.63. The molecule has 1 saturated carbocycles. The Balaban J connectivity index is 2.22. The van der Waals surface area contributed by atoms with E-state index in [-0.39, 0.29) is 12.3 Å². The van der Waals surface area contributed by atoms with Gasteiger partial charge in [-0.1, -0.05) is 0 Å². The van der Waals surface area contributed by atoms with E-state index in [1.165, 1.54) is 0 Å². The SMILES string of the molecule is O=C(O)CC1(NC(=O)c2cc(I)cc(I)c2I)CCC1. The van der Waals surface area contributed by atoms with Gasteiger partial charge in [-0.05, 0) is 99.2 Å². The van der Waals surface area contributed by atoms with Gasteiger partial charge in [0.15, 0.2) is 0 Å². The van der Waals surface area contributed by atoms with E-state index >= 15 is 0 Å². The van der Waals surface area contributed by atoms with Crippen LogP contribution >= 0.6 is 67.8 Å². The molecule has 1 aliphatic carbocycles. The molecule has 0 aromatic heterocycles. The van der Waals surface area contributed by atoms with Gasteiger partial charge in [-0.2, -0.15) is 0 Å². The van der Waals surface area contributed by atoms with Crippen molar-refractivity contribution in [3.05, 3.63) is 28.4 Å². The lowest BCUT2D eigenvalue weighted by atomic mass is 9.74. The molecule has 7 heteroatoms. The summed E-state index contributed by atoms with van der Waals surface area (Å²) in [6.07, 6.45) is 2.44. The van der Waals surface area contributed by atoms with Crippen LogP contribution in [0.1, 0.15) is 36.0 Å². The Labute approximate surface area is 157 Å². The Morgan fingerprint density at radius 1 is 1.25 bits per heavy atom. The molecule has 0 unspecified atom stereocenters. The number of nitrogens with one attached hydrogen (secondary N) is 1. The predicted molar refractivity (Wildman–Crippen MR) is 101 cm³/mol. The molecule has 0 saturated heterocycles. The van der Waals surface area contributed by atoms with Crippen molar-refractivity contribution in [3.63, 3.8) is 0 Å². The van der Waals surface area contributed by atoms with E-state index in [0.717, 1.165) is 30.0 Å². The lowest BCUT2D eigenvalue weighted by Crippen LogP contribution is -2.54. The van der Waals surface area contributed by atoms with Crippen molar-refractivity contribution in [2.75, 3.05) is 0 Å². The zero-order chi connectivity index (χ0) is 14.9. The Hall–Kier alpha value is 0.350. The highest BCUT2D eigenvalue weighted by Crippen LogP contribution is 2.35. The first-order chi connectivity index (χ1) is 9.33. The minimum absolute atomic E-state index is 0.00363. The molecule has 0 radical (unpaired) electrons. The molecule has 0 aliphatic heterocycles. The molecular weight excluding hydrogens is 599 g/mol. The number of carbonyl (C=O) groups excluding carboxylic acids is 1. The molecule has 108 valence electrons. The third-order valence-electron chi connectivity index (χ3n) is 3.42. The van der Waals surface area contributed by atoms with Crippen molar-refractivity contribution >= 4 is 79.6 Å². The van der Waals surface area contributed by atoms with Gasteiger partial charge < -0.3 is 10.4 Å². The van der Waals surface area contributed by atoms with Crippen LogP contribution in [0.3, 0.4) is 0 Å². The van der Waals surface area contributed by atoms with Crippen molar-refractivity contribution in [3.8, 4) is 0 Å². The Morgan fingerprint density at radius 2 is 1.90 bits per heavy atom. The van der Waals surface area contributed by atoms with Crippen molar-refractivity contribution in [1.29, 1.82) is 0 Å². The first-order valence-corrected chi connectivity index (χ1v) is 9.25. The van der Waals surface area contributed by atoms with Crippen LogP contribution in [0.2, 0.25) is 0 Å². The Kier molecular flexibility index (Phi) is 5.54. The van der Waals surface area contributed by atoms with Crippen LogP contribution in [-0.4, -0.2) is 22.5 Å². The summed E-state index contributed by atoms with van der Waals surface area (Å²) in [5, 5.41) is 11.9. The maximum absolute atomic E-state index is 12.4. The smallest absolute Gasteiger partial charge is 0.305 e. The first kappa shape index (κ1) is 16.7. The van der Waals surface area contributed by atoms with Crippen LogP contribution in [0.4, 0.5) is 0 Å². The number of rotatable bonds is 4. The van der Waals surface area contributed by atoms with Gasteiger partial charge in [-0.15, -0.1) is 0 Å². The molecule has 1 aromatic carbocycles. The summed E-state index contributed by atoms with van der Waals surface area (Å²) >= 11 is 6.54. The summed E-state index contributed by atoms with van der Waals surface area (Å²) < 4.78 is 2.94. The highest BCUT2D eigenvalue weighted by atomic mass is 127. The number of hydrogen-bond donors (Lipinski definition) is 2. The van der Waals surface area contributed by atoms with Crippen LogP contribution in [0, 0.1) is 10.7 Å². The monoisotopic (exact) mass is 611 g/mol. The second-order valence-corrected chi connectivity index (χ2v) is 8.39. The largest absolute Gasteiger partial charge is 0.481 e. The van der Waals surface area contributed by atoms with Crippen molar-refractivity contribution < 1.29 is 14.7 Å². The molecule has 0 bridgehead atoms. The van der Waals surface area contributed by atoms with Crippen LogP contribution in [0.15, 0.2) is 12.1 Å². The minimum atomic E-state index is -0.864. The molecule has 1 aromatic rings. The standard InChI is InChI=1S/C13H12I3NO3/c14-7-4-8(11(16)9(15)5-7)12(20)17-13(2-1-3-13)6-10(18)19/h4-5H,1-3,6H2,(H,17,20)(H,18,19). The quantitative estimate of drug-likeness (QED) is 0.404. The average Bonchev–Trinajstić information content (AvgIpc) is 2.30. The van der Waals surface area contributed by atoms with Gasteiger partial charge in [0.05, 0.1) is 17.5 Å². The van der Waals surface area contributed by atoms with E-state index < -0.39 is 11.5 Å². The fourth-order valence-electron chi connectivity index (χ4n) is 2.27. The van der Waals surface area contributed by atoms with Crippen LogP contribution in [0.25, 0.3) is 0 Å². The summed E-state index contributed by atoms with van der Waals surface area (Å²) in [5.74, 6) is -1.04. The van der Waals surface area contributed by atoms with Gasteiger partial charge in [0, 0.05) is 10.7 Å². The van der Waals surface area contributed by atoms with Gasteiger partial charge in [0.1, 0.15) is 0 Å². The van der Waals surface area contributed by atoms with E-state index in [2.05, 4.69) is 73.1 Å². The zero-order valence-corrected chi connectivity index (χ0v) is 16.9. The van der Waals surface area contributed by atoms with Crippen LogP contribution < -0.4 is 5.32 Å². The Bertz CT molecular complexity index is 570. The highest BCUT2D eigenvalue weighted by molar-refractivity contribution is 14.1. The van der Waals surface area contributed by atoms with Gasteiger partial charge in [-0.25, -0.2) is 0 Å². The highest BCUT2D eigenvalue weighted by Gasteiger charge is 2.40. The Morgan fingerprint density at radius 3 is 2.40 bits per heavy atom. The molecule has 4 nitrogen and oxygen atoms in total. The summed E-state index contributed by atoms with van der Waals surface area (Å²) in [7, 11) is 0. The van der Waals surface area contributed by atoms with E-state index in [1.807, 2.05) is 12.1 Å². The number of carboxylic acid groups (broad SMARTS) is 1. The maximum atomic E-state index is 12.4. The van der Waals surface area contributed by atoms with E-state index in [9.17, 15) is 9.59 Å². The number of aliphatic carboxylic acids is 1. The summed E-state index contributed by atoms with van der Waals surface area (Å²) in [6, 6.07) is 3.85. The fourth-order valence-corrected chi connectivity index (χ4v) is 4.67. The number of halogens is 3. The summed E-state index contributed by atoms with van der Waals surface area (Å²) in [6.45, 7) is 0. The molecule has 1 amide bonds. The number of carboxylic acids is 1. The third kappa shape index (κ3) is 3.76. The van der Waals surface area contributed by atoms with Gasteiger partial charge >= 0.3 is 5.97 Å². The molecule has 1 fully saturated rings. The molecule has 2 rings (SSSR count).